The van der Waals surface area contributed by atoms with Gasteiger partial charge in [-0.25, -0.2) is 4.98 Å². The SMILES string of the molecule is O=C(O)CC1(NC(=O)Cc2csc(-c3ccc(Cl)cc3)n2)CCOCC1. The summed E-state index contributed by atoms with van der Waals surface area (Å²) in [6.45, 7) is 0.899. The third-order valence-corrected chi connectivity index (χ3v) is 5.52. The van der Waals surface area contributed by atoms with E-state index in [9.17, 15) is 14.7 Å². The summed E-state index contributed by atoms with van der Waals surface area (Å²) in [4.78, 5) is 28.1. The molecule has 2 heterocycles. The number of carboxylic acids is 1. The van der Waals surface area contributed by atoms with Crippen molar-refractivity contribution in [3.63, 3.8) is 0 Å². The number of carboxylic acid groups (broad SMARTS) is 1. The molecule has 26 heavy (non-hydrogen) atoms. The Morgan fingerprint density at radius 2 is 1.96 bits per heavy atom. The van der Waals surface area contributed by atoms with Crippen molar-refractivity contribution >= 4 is 34.8 Å². The van der Waals surface area contributed by atoms with Gasteiger partial charge in [-0.1, -0.05) is 23.7 Å². The molecule has 138 valence electrons. The first-order chi connectivity index (χ1) is 12.5. The van der Waals surface area contributed by atoms with E-state index in [0.29, 0.717) is 36.8 Å². The molecule has 0 spiro atoms. The number of ether oxygens (including phenoxy) is 1. The Labute approximate surface area is 160 Å². The van der Waals surface area contributed by atoms with Crippen LogP contribution in [-0.4, -0.2) is 40.7 Å². The summed E-state index contributed by atoms with van der Waals surface area (Å²) in [5.41, 5.74) is 0.865. The van der Waals surface area contributed by atoms with Gasteiger partial charge in [-0.05, 0) is 25.0 Å². The number of carbonyl (C=O) groups is 2. The summed E-state index contributed by atoms with van der Waals surface area (Å²) in [6.07, 6.45) is 1.01. The number of thiazole rings is 1. The number of benzene rings is 1. The molecular weight excluding hydrogens is 376 g/mol. The molecule has 1 aromatic carbocycles. The molecule has 8 heteroatoms. The highest BCUT2D eigenvalue weighted by Crippen LogP contribution is 2.27. The second-order valence-corrected chi connectivity index (χ2v) is 7.63. The molecule has 0 aliphatic carbocycles. The van der Waals surface area contributed by atoms with Crippen LogP contribution in [0, 0.1) is 0 Å². The predicted molar refractivity (Wildman–Crippen MR) is 99.4 cm³/mol. The lowest BCUT2D eigenvalue weighted by molar-refractivity contribution is -0.140. The van der Waals surface area contributed by atoms with E-state index in [-0.39, 0.29) is 18.7 Å². The molecular formula is C18H19ClN2O4S. The highest BCUT2D eigenvalue weighted by molar-refractivity contribution is 7.13. The van der Waals surface area contributed by atoms with E-state index >= 15 is 0 Å². The summed E-state index contributed by atoms with van der Waals surface area (Å²) >= 11 is 7.35. The number of amides is 1. The van der Waals surface area contributed by atoms with Crippen LogP contribution < -0.4 is 5.32 Å². The minimum absolute atomic E-state index is 0.102. The van der Waals surface area contributed by atoms with Crippen molar-refractivity contribution in [1.29, 1.82) is 0 Å². The number of carbonyl (C=O) groups excluding carboxylic acids is 1. The molecule has 1 aliphatic heterocycles. The van der Waals surface area contributed by atoms with Gasteiger partial charge in [-0.2, -0.15) is 0 Å². The van der Waals surface area contributed by atoms with Gasteiger partial charge >= 0.3 is 5.97 Å². The highest BCUT2D eigenvalue weighted by atomic mass is 35.5. The molecule has 1 amide bonds. The first-order valence-electron chi connectivity index (χ1n) is 8.27. The van der Waals surface area contributed by atoms with Gasteiger partial charge in [0.15, 0.2) is 0 Å². The molecule has 1 aromatic heterocycles. The third kappa shape index (κ3) is 4.81. The molecule has 1 saturated heterocycles. The van der Waals surface area contributed by atoms with Gasteiger partial charge in [0.2, 0.25) is 5.91 Å². The van der Waals surface area contributed by atoms with Crippen molar-refractivity contribution < 1.29 is 19.4 Å². The molecule has 6 nitrogen and oxygen atoms in total. The van der Waals surface area contributed by atoms with Crippen LogP contribution in [0.1, 0.15) is 25.0 Å². The van der Waals surface area contributed by atoms with Crippen LogP contribution in [0.25, 0.3) is 10.6 Å². The third-order valence-electron chi connectivity index (χ3n) is 4.33. The van der Waals surface area contributed by atoms with E-state index in [1.54, 1.807) is 12.1 Å². The molecule has 2 N–H and O–H groups in total. The average Bonchev–Trinajstić information content (AvgIpc) is 3.03. The first-order valence-corrected chi connectivity index (χ1v) is 9.52. The van der Waals surface area contributed by atoms with Crippen molar-refractivity contribution in [3.05, 3.63) is 40.4 Å². The fourth-order valence-electron chi connectivity index (χ4n) is 3.02. The van der Waals surface area contributed by atoms with Gasteiger partial charge in [-0.15, -0.1) is 11.3 Å². The highest BCUT2D eigenvalue weighted by Gasteiger charge is 2.36. The number of aromatic nitrogens is 1. The van der Waals surface area contributed by atoms with Gasteiger partial charge in [0.1, 0.15) is 5.01 Å². The second-order valence-electron chi connectivity index (χ2n) is 6.34. The van der Waals surface area contributed by atoms with Crippen LogP contribution in [0.2, 0.25) is 5.02 Å². The lowest BCUT2D eigenvalue weighted by Crippen LogP contribution is -2.53. The number of nitrogens with zero attached hydrogens (tertiary/aromatic N) is 1. The maximum absolute atomic E-state index is 12.5. The summed E-state index contributed by atoms with van der Waals surface area (Å²) in [5.74, 6) is -1.15. The molecule has 0 unspecified atom stereocenters. The second kappa shape index (κ2) is 8.16. The topological polar surface area (TPSA) is 88.5 Å². The van der Waals surface area contributed by atoms with Crippen molar-refractivity contribution in [2.24, 2.45) is 0 Å². The van der Waals surface area contributed by atoms with Gasteiger partial charge in [0, 0.05) is 29.2 Å². The predicted octanol–water partition coefficient (Wildman–Crippen LogP) is 3.15. The summed E-state index contributed by atoms with van der Waals surface area (Å²) < 4.78 is 5.30. The molecule has 1 fully saturated rings. The number of rotatable bonds is 6. The first kappa shape index (κ1) is 18.8. The molecule has 2 aromatic rings. The number of hydrogen-bond acceptors (Lipinski definition) is 5. The Morgan fingerprint density at radius 3 is 2.62 bits per heavy atom. The minimum Gasteiger partial charge on any atom is -0.481 e. The molecule has 0 bridgehead atoms. The van der Waals surface area contributed by atoms with Crippen molar-refractivity contribution in [2.75, 3.05) is 13.2 Å². The normalized spacial score (nSPS) is 16.2. The lowest BCUT2D eigenvalue weighted by atomic mass is 9.86. The van der Waals surface area contributed by atoms with Gasteiger partial charge in [0.25, 0.3) is 0 Å². The fourth-order valence-corrected chi connectivity index (χ4v) is 3.97. The van der Waals surface area contributed by atoms with Crippen LogP contribution in [0.5, 0.6) is 0 Å². The van der Waals surface area contributed by atoms with Gasteiger partial charge in [-0.3, -0.25) is 9.59 Å². The molecule has 0 radical (unpaired) electrons. The Kier molecular flexibility index (Phi) is 5.90. The van der Waals surface area contributed by atoms with E-state index in [2.05, 4.69) is 10.3 Å². The van der Waals surface area contributed by atoms with Crippen LogP contribution in [-0.2, 0) is 20.7 Å². The zero-order valence-electron chi connectivity index (χ0n) is 14.0. The molecule has 0 saturated carbocycles. The average molecular weight is 395 g/mol. The van der Waals surface area contributed by atoms with Crippen LogP contribution in [0.3, 0.4) is 0 Å². The lowest BCUT2D eigenvalue weighted by Gasteiger charge is -2.36. The monoisotopic (exact) mass is 394 g/mol. The quantitative estimate of drug-likeness (QED) is 0.785. The van der Waals surface area contributed by atoms with Gasteiger partial charge in [0.05, 0.1) is 24.1 Å². The Balaban J connectivity index is 1.65. The summed E-state index contributed by atoms with van der Waals surface area (Å²) in [6, 6.07) is 7.36. The zero-order valence-corrected chi connectivity index (χ0v) is 15.6. The largest absolute Gasteiger partial charge is 0.481 e. The van der Waals surface area contributed by atoms with Crippen molar-refractivity contribution in [2.45, 2.75) is 31.2 Å². The number of hydrogen-bond donors (Lipinski definition) is 2. The number of aliphatic carboxylic acids is 1. The van der Waals surface area contributed by atoms with E-state index in [1.807, 2.05) is 17.5 Å². The zero-order chi connectivity index (χ0) is 18.6. The fraction of sp³-hybridized carbons (Fsp3) is 0.389. The number of halogens is 1. The Hall–Kier alpha value is -1.96. The molecule has 3 rings (SSSR count). The van der Waals surface area contributed by atoms with Crippen LogP contribution in [0.4, 0.5) is 0 Å². The van der Waals surface area contributed by atoms with Crippen LogP contribution >= 0.6 is 22.9 Å². The maximum atomic E-state index is 12.5. The van der Waals surface area contributed by atoms with Crippen molar-refractivity contribution in [1.82, 2.24) is 10.3 Å². The van der Waals surface area contributed by atoms with E-state index < -0.39 is 11.5 Å². The van der Waals surface area contributed by atoms with Gasteiger partial charge < -0.3 is 15.2 Å². The van der Waals surface area contributed by atoms with Crippen molar-refractivity contribution in [3.8, 4) is 10.6 Å². The van der Waals surface area contributed by atoms with E-state index in [4.69, 9.17) is 16.3 Å². The molecule has 1 aliphatic rings. The summed E-state index contributed by atoms with van der Waals surface area (Å²) in [7, 11) is 0. The molecule has 0 atom stereocenters. The smallest absolute Gasteiger partial charge is 0.305 e. The Morgan fingerprint density at radius 1 is 1.27 bits per heavy atom. The number of nitrogens with one attached hydrogen (secondary N) is 1. The standard InChI is InChI=1S/C18H19ClN2O4S/c19-13-3-1-12(2-4-13)17-20-14(11-26-17)9-15(22)21-18(10-16(23)24)5-7-25-8-6-18/h1-4,11H,5-10H2,(H,21,22)(H,23,24). The minimum atomic E-state index is -0.925. The summed E-state index contributed by atoms with van der Waals surface area (Å²) in [5, 5.41) is 15.4. The van der Waals surface area contributed by atoms with Crippen LogP contribution in [0.15, 0.2) is 29.6 Å². The van der Waals surface area contributed by atoms with E-state index in [1.165, 1.54) is 11.3 Å². The maximum Gasteiger partial charge on any atom is 0.305 e. The van der Waals surface area contributed by atoms with E-state index in [0.717, 1.165) is 10.6 Å². The Bertz CT molecular complexity index is 785.